The number of carbonyl (C=O) groups excluding carboxylic acids is 2. The zero-order chi connectivity index (χ0) is 23.1. The Kier molecular flexibility index (Phi) is 7.72. The van der Waals surface area contributed by atoms with Gasteiger partial charge in [0.25, 0.3) is 5.69 Å². The minimum atomic E-state index is -0.594. The molecule has 2 aromatic rings. The Bertz CT molecular complexity index is 1010. The first kappa shape index (κ1) is 23.1. The Hall–Kier alpha value is -3.53. The predicted octanol–water partition coefficient (Wildman–Crippen LogP) is 2.54. The van der Waals surface area contributed by atoms with Crippen LogP contribution in [0.1, 0.15) is 22.8 Å². The van der Waals surface area contributed by atoms with Crippen molar-refractivity contribution in [1.29, 1.82) is 0 Å². The van der Waals surface area contributed by atoms with E-state index in [9.17, 15) is 19.7 Å². The van der Waals surface area contributed by atoms with Crippen molar-refractivity contribution in [1.82, 2.24) is 10.2 Å². The number of carbonyl (C=O) groups is 2. The standard InChI is InChI=1S/C22H24N4O5S/c1-2-31-21(28)17-8-9-18(19(15-17)26(29)30)24-10-12-25(13-11-24)22(32)23-20(27)14-16-6-4-3-5-7-16/h3-9,15H,2,10-14H2,1H3,(H,23,27,32). The molecular weight excluding hydrogens is 432 g/mol. The molecule has 0 unspecified atom stereocenters. The molecule has 2 aromatic carbocycles. The van der Waals surface area contributed by atoms with Crippen molar-refractivity contribution in [3.63, 3.8) is 0 Å². The maximum Gasteiger partial charge on any atom is 0.338 e. The van der Waals surface area contributed by atoms with Crippen molar-refractivity contribution >= 4 is 40.6 Å². The first-order valence-electron chi connectivity index (χ1n) is 10.2. The van der Waals surface area contributed by atoms with Gasteiger partial charge >= 0.3 is 5.97 Å². The quantitative estimate of drug-likeness (QED) is 0.306. The molecule has 1 N–H and O–H groups in total. The lowest BCUT2D eigenvalue weighted by Gasteiger charge is -2.37. The number of nitrogens with one attached hydrogen (secondary N) is 1. The van der Waals surface area contributed by atoms with Gasteiger partial charge in [-0.1, -0.05) is 30.3 Å². The van der Waals surface area contributed by atoms with Gasteiger partial charge in [0, 0.05) is 32.2 Å². The van der Waals surface area contributed by atoms with Crippen LogP contribution in [0.3, 0.4) is 0 Å². The van der Waals surface area contributed by atoms with Crippen molar-refractivity contribution in [2.75, 3.05) is 37.7 Å². The summed E-state index contributed by atoms with van der Waals surface area (Å²) in [5, 5.41) is 14.7. The molecule has 0 atom stereocenters. The second kappa shape index (κ2) is 10.7. The normalized spacial score (nSPS) is 13.4. The number of nitro groups is 1. The third-order valence-corrected chi connectivity index (χ3v) is 5.40. The first-order chi connectivity index (χ1) is 15.4. The maximum atomic E-state index is 12.3. The van der Waals surface area contributed by atoms with E-state index in [0.29, 0.717) is 37.0 Å². The molecule has 0 radical (unpaired) electrons. The largest absolute Gasteiger partial charge is 0.462 e. The van der Waals surface area contributed by atoms with Crippen LogP contribution in [0.2, 0.25) is 0 Å². The van der Waals surface area contributed by atoms with E-state index in [1.807, 2.05) is 40.1 Å². The van der Waals surface area contributed by atoms with E-state index < -0.39 is 10.9 Å². The molecule has 10 heteroatoms. The SMILES string of the molecule is CCOC(=O)c1ccc(N2CCN(C(=S)NC(=O)Cc3ccccc3)CC2)c([N+](=O)[O-])c1. The number of ether oxygens (including phenoxy) is 1. The second-order valence-corrected chi connectivity index (χ2v) is 7.56. The summed E-state index contributed by atoms with van der Waals surface area (Å²) in [6.07, 6.45) is 0.236. The molecule has 1 aliphatic rings. The summed E-state index contributed by atoms with van der Waals surface area (Å²) >= 11 is 5.38. The van der Waals surface area contributed by atoms with Gasteiger partial charge in [-0.3, -0.25) is 14.9 Å². The van der Waals surface area contributed by atoms with Crippen molar-refractivity contribution in [3.05, 3.63) is 69.8 Å². The molecule has 0 aromatic heterocycles. The number of anilines is 1. The van der Waals surface area contributed by atoms with Crippen molar-refractivity contribution in [3.8, 4) is 0 Å². The fraction of sp³-hybridized carbons (Fsp3) is 0.318. The Morgan fingerprint density at radius 1 is 1.12 bits per heavy atom. The zero-order valence-electron chi connectivity index (χ0n) is 17.7. The van der Waals surface area contributed by atoms with E-state index in [0.717, 1.165) is 5.56 Å². The summed E-state index contributed by atoms with van der Waals surface area (Å²) in [4.78, 5) is 39.0. The van der Waals surface area contributed by atoms with Crippen LogP contribution in [0.4, 0.5) is 11.4 Å². The molecule has 0 aliphatic carbocycles. The number of amides is 1. The lowest BCUT2D eigenvalue weighted by atomic mass is 10.1. The van der Waals surface area contributed by atoms with Crippen LogP contribution >= 0.6 is 12.2 Å². The van der Waals surface area contributed by atoms with E-state index >= 15 is 0 Å². The van der Waals surface area contributed by atoms with Crippen LogP contribution < -0.4 is 10.2 Å². The summed E-state index contributed by atoms with van der Waals surface area (Å²) < 4.78 is 4.93. The highest BCUT2D eigenvalue weighted by Gasteiger charge is 2.26. The Morgan fingerprint density at radius 2 is 1.81 bits per heavy atom. The molecule has 1 amide bonds. The van der Waals surface area contributed by atoms with Gasteiger partial charge in [0.05, 0.1) is 23.5 Å². The molecule has 168 valence electrons. The van der Waals surface area contributed by atoms with Gasteiger partial charge in [0.1, 0.15) is 5.69 Å². The third-order valence-electron chi connectivity index (χ3n) is 5.04. The highest BCUT2D eigenvalue weighted by Crippen LogP contribution is 2.30. The van der Waals surface area contributed by atoms with Crippen LogP contribution in [-0.4, -0.2) is 59.6 Å². The third kappa shape index (κ3) is 5.79. The van der Waals surface area contributed by atoms with E-state index in [1.54, 1.807) is 13.0 Å². The van der Waals surface area contributed by atoms with Crippen LogP contribution in [0, 0.1) is 10.1 Å². The number of piperazine rings is 1. The Morgan fingerprint density at radius 3 is 2.44 bits per heavy atom. The Labute approximate surface area is 191 Å². The van der Waals surface area contributed by atoms with Crippen molar-refractivity contribution in [2.45, 2.75) is 13.3 Å². The topological polar surface area (TPSA) is 105 Å². The highest BCUT2D eigenvalue weighted by atomic mass is 32.1. The van der Waals surface area contributed by atoms with Gasteiger partial charge in [-0.15, -0.1) is 0 Å². The monoisotopic (exact) mass is 456 g/mol. The number of esters is 1. The molecule has 0 spiro atoms. The second-order valence-electron chi connectivity index (χ2n) is 7.17. The molecule has 1 heterocycles. The van der Waals surface area contributed by atoms with Crippen LogP contribution in [0.15, 0.2) is 48.5 Å². The lowest BCUT2D eigenvalue weighted by molar-refractivity contribution is -0.384. The molecule has 1 saturated heterocycles. The minimum absolute atomic E-state index is 0.142. The number of hydrogen-bond acceptors (Lipinski definition) is 7. The van der Waals surface area contributed by atoms with Gasteiger partial charge in [-0.05, 0) is 36.8 Å². The van der Waals surface area contributed by atoms with Crippen molar-refractivity contribution in [2.24, 2.45) is 0 Å². The number of rotatable bonds is 6. The van der Waals surface area contributed by atoms with Crippen LogP contribution in [-0.2, 0) is 16.0 Å². The van der Waals surface area contributed by atoms with Gasteiger partial charge in [0.15, 0.2) is 5.11 Å². The van der Waals surface area contributed by atoms with E-state index in [1.165, 1.54) is 12.1 Å². The molecule has 1 aliphatic heterocycles. The number of thiocarbonyl (C=S) groups is 1. The van der Waals surface area contributed by atoms with Gasteiger partial charge in [-0.2, -0.15) is 0 Å². The molecule has 0 bridgehead atoms. The smallest absolute Gasteiger partial charge is 0.338 e. The number of nitro benzene ring substituents is 1. The average molecular weight is 457 g/mol. The summed E-state index contributed by atoms with van der Waals surface area (Å²) in [7, 11) is 0. The Balaban J connectivity index is 1.60. The number of nitrogens with zero attached hydrogens (tertiary/aromatic N) is 3. The summed E-state index contributed by atoms with van der Waals surface area (Å²) in [5.74, 6) is -0.780. The zero-order valence-corrected chi connectivity index (χ0v) is 18.5. The van der Waals surface area contributed by atoms with Gasteiger partial charge in [0.2, 0.25) is 5.91 Å². The number of benzene rings is 2. The molecule has 0 saturated carbocycles. The summed E-state index contributed by atoms with van der Waals surface area (Å²) in [6, 6.07) is 13.7. The highest BCUT2D eigenvalue weighted by molar-refractivity contribution is 7.80. The van der Waals surface area contributed by atoms with E-state index in [-0.39, 0.29) is 30.2 Å². The minimum Gasteiger partial charge on any atom is -0.462 e. The average Bonchev–Trinajstić information content (AvgIpc) is 2.79. The fourth-order valence-electron chi connectivity index (χ4n) is 3.45. The first-order valence-corrected chi connectivity index (χ1v) is 10.6. The molecule has 1 fully saturated rings. The van der Waals surface area contributed by atoms with E-state index in [2.05, 4.69) is 5.32 Å². The maximum absolute atomic E-state index is 12.3. The van der Waals surface area contributed by atoms with E-state index in [4.69, 9.17) is 17.0 Å². The van der Waals surface area contributed by atoms with Crippen molar-refractivity contribution < 1.29 is 19.2 Å². The molecule has 3 rings (SSSR count). The van der Waals surface area contributed by atoms with Gasteiger partial charge in [-0.25, -0.2) is 4.79 Å². The van der Waals surface area contributed by atoms with Crippen LogP contribution in [0.5, 0.6) is 0 Å². The predicted molar refractivity (Wildman–Crippen MR) is 124 cm³/mol. The molecular formula is C22H24N4O5S. The molecule has 32 heavy (non-hydrogen) atoms. The number of hydrogen-bond donors (Lipinski definition) is 1. The lowest BCUT2D eigenvalue weighted by Crippen LogP contribution is -2.53. The fourth-order valence-corrected chi connectivity index (χ4v) is 3.75. The van der Waals surface area contributed by atoms with Crippen LogP contribution in [0.25, 0.3) is 0 Å². The molecule has 9 nitrogen and oxygen atoms in total. The summed E-state index contributed by atoms with van der Waals surface area (Å²) in [5.41, 5.74) is 1.32. The van der Waals surface area contributed by atoms with Gasteiger partial charge < -0.3 is 19.9 Å². The summed E-state index contributed by atoms with van der Waals surface area (Å²) in [6.45, 7) is 3.83.